The van der Waals surface area contributed by atoms with Gasteiger partial charge in [0.1, 0.15) is 0 Å². The van der Waals surface area contributed by atoms with Crippen LogP contribution in [0, 0.1) is 19.3 Å². The van der Waals surface area contributed by atoms with Gasteiger partial charge < -0.3 is 5.41 Å². The Morgan fingerprint density at radius 3 is 2.50 bits per heavy atom. The molecule has 1 N–H and O–H groups in total. The molecule has 12 heavy (non-hydrogen) atoms. The third-order valence-electron chi connectivity index (χ3n) is 1.93. The fourth-order valence-corrected chi connectivity index (χ4v) is 1.38. The van der Waals surface area contributed by atoms with E-state index in [-0.39, 0.29) is 0 Å². The van der Waals surface area contributed by atoms with E-state index in [0.29, 0.717) is 0 Å². The lowest BCUT2D eigenvalue weighted by molar-refractivity contribution is 1.35. The molecule has 0 aliphatic heterocycles. The molecule has 62 valence electrons. The van der Waals surface area contributed by atoms with Crippen LogP contribution in [0.1, 0.15) is 22.3 Å². The number of hydrogen-bond donors (Lipinski definition) is 1. The van der Waals surface area contributed by atoms with Gasteiger partial charge >= 0.3 is 0 Å². The summed E-state index contributed by atoms with van der Waals surface area (Å²) in [5, 5.41) is 7.23. The van der Waals surface area contributed by atoms with Crippen LogP contribution < -0.4 is 0 Å². The fraction of sp³-hybridized carbons (Fsp3) is 0.182. The second-order valence-corrected chi connectivity index (χ2v) is 2.93. The molecule has 0 radical (unpaired) electrons. The number of nitrogens with one attached hydrogen (secondary N) is 1. The number of hydrogen-bond acceptors (Lipinski definition) is 1. The first-order chi connectivity index (χ1) is 5.69. The zero-order chi connectivity index (χ0) is 9.14. The van der Waals surface area contributed by atoms with E-state index in [1.54, 1.807) is 6.08 Å². The van der Waals surface area contributed by atoms with Crippen LogP contribution in [0.25, 0.3) is 6.08 Å². The summed E-state index contributed by atoms with van der Waals surface area (Å²) in [5.41, 5.74) is 4.37. The molecule has 1 rings (SSSR count). The van der Waals surface area contributed by atoms with Crippen molar-refractivity contribution in [3.05, 3.63) is 41.0 Å². The second kappa shape index (κ2) is 3.35. The Bertz CT molecular complexity index is 324. The normalized spacial score (nSPS) is 9.50. The van der Waals surface area contributed by atoms with E-state index in [0.717, 1.165) is 16.7 Å². The van der Waals surface area contributed by atoms with Crippen LogP contribution in [0.15, 0.2) is 18.7 Å². The summed E-state index contributed by atoms with van der Waals surface area (Å²) in [6, 6.07) is 4.12. The first kappa shape index (κ1) is 8.72. The molecule has 1 heteroatoms. The SMILES string of the molecule is C=Cc1cc(C)cc(C)c1C=N. The molecule has 0 heterocycles. The summed E-state index contributed by atoms with van der Waals surface area (Å²) in [4.78, 5) is 0. The van der Waals surface area contributed by atoms with Crippen molar-refractivity contribution < 1.29 is 0 Å². The third-order valence-corrected chi connectivity index (χ3v) is 1.93. The Kier molecular flexibility index (Phi) is 2.44. The molecular weight excluding hydrogens is 146 g/mol. The van der Waals surface area contributed by atoms with E-state index in [1.807, 2.05) is 19.9 Å². The van der Waals surface area contributed by atoms with Crippen molar-refractivity contribution in [3.8, 4) is 0 Å². The van der Waals surface area contributed by atoms with Gasteiger partial charge in [0.2, 0.25) is 0 Å². The molecule has 0 saturated heterocycles. The van der Waals surface area contributed by atoms with Gasteiger partial charge in [0.25, 0.3) is 0 Å². The minimum Gasteiger partial charge on any atom is -0.308 e. The summed E-state index contributed by atoms with van der Waals surface area (Å²) in [5.74, 6) is 0. The van der Waals surface area contributed by atoms with Crippen LogP contribution >= 0.6 is 0 Å². The van der Waals surface area contributed by atoms with Gasteiger partial charge in [-0.1, -0.05) is 30.4 Å². The lowest BCUT2D eigenvalue weighted by Crippen LogP contribution is -1.92. The highest BCUT2D eigenvalue weighted by molar-refractivity contribution is 5.85. The van der Waals surface area contributed by atoms with E-state index in [9.17, 15) is 0 Å². The summed E-state index contributed by atoms with van der Waals surface area (Å²) in [6.45, 7) is 7.78. The van der Waals surface area contributed by atoms with Crippen molar-refractivity contribution in [3.63, 3.8) is 0 Å². The maximum absolute atomic E-state index is 7.23. The Morgan fingerprint density at radius 2 is 2.00 bits per heavy atom. The topological polar surface area (TPSA) is 23.9 Å². The smallest absolute Gasteiger partial charge is 0.0259 e. The summed E-state index contributed by atoms with van der Waals surface area (Å²) in [6.07, 6.45) is 3.17. The van der Waals surface area contributed by atoms with Crippen molar-refractivity contribution in [2.75, 3.05) is 0 Å². The fourth-order valence-electron chi connectivity index (χ4n) is 1.38. The van der Waals surface area contributed by atoms with Crippen molar-refractivity contribution >= 4 is 12.3 Å². The highest BCUT2D eigenvalue weighted by atomic mass is 14.3. The first-order valence-corrected chi connectivity index (χ1v) is 3.93. The van der Waals surface area contributed by atoms with E-state index in [4.69, 9.17) is 5.41 Å². The first-order valence-electron chi connectivity index (χ1n) is 3.93. The van der Waals surface area contributed by atoms with Gasteiger partial charge in [-0.2, -0.15) is 0 Å². The molecule has 0 aliphatic rings. The number of aryl methyl sites for hydroxylation is 2. The summed E-state index contributed by atoms with van der Waals surface area (Å²) >= 11 is 0. The quantitative estimate of drug-likeness (QED) is 0.641. The summed E-state index contributed by atoms with van der Waals surface area (Å²) < 4.78 is 0. The molecule has 0 atom stereocenters. The van der Waals surface area contributed by atoms with Gasteiger partial charge in [-0.05, 0) is 25.0 Å². The van der Waals surface area contributed by atoms with Gasteiger partial charge in [-0.15, -0.1) is 0 Å². The largest absolute Gasteiger partial charge is 0.308 e. The van der Waals surface area contributed by atoms with Gasteiger partial charge in [-0.3, -0.25) is 0 Å². The molecule has 1 aromatic rings. The minimum atomic E-state index is 0.968. The lowest BCUT2D eigenvalue weighted by Gasteiger charge is -2.05. The van der Waals surface area contributed by atoms with Crippen molar-refractivity contribution in [2.24, 2.45) is 0 Å². The minimum absolute atomic E-state index is 0.968. The third kappa shape index (κ3) is 1.45. The van der Waals surface area contributed by atoms with E-state index in [1.165, 1.54) is 11.8 Å². The zero-order valence-electron chi connectivity index (χ0n) is 7.52. The molecule has 0 spiro atoms. The Hall–Kier alpha value is -1.37. The van der Waals surface area contributed by atoms with Gasteiger partial charge in [-0.25, -0.2) is 0 Å². The predicted octanol–water partition coefficient (Wildman–Crippen LogP) is 2.94. The molecular formula is C11H13N. The van der Waals surface area contributed by atoms with Crippen molar-refractivity contribution in [1.29, 1.82) is 5.41 Å². The molecule has 0 saturated carbocycles. The number of rotatable bonds is 2. The molecule has 1 nitrogen and oxygen atoms in total. The molecule has 1 aromatic carbocycles. The van der Waals surface area contributed by atoms with E-state index in [2.05, 4.69) is 12.6 Å². The lowest BCUT2D eigenvalue weighted by atomic mass is 10.00. The van der Waals surface area contributed by atoms with E-state index >= 15 is 0 Å². The molecule has 0 amide bonds. The average Bonchev–Trinajstić information content (AvgIpc) is 2.03. The zero-order valence-corrected chi connectivity index (χ0v) is 7.52. The number of benzene rings is 1. The van der Waals surface area contributed by atoms with Gasteiger partial charge in [0, 0.05) is 11.8 Å². The highest BCUT2D eigenvalue weighted by Gasteiger charge is 2.00. The van der Waals surface area contributed by atoms with Crippen LogP contribution in [0.2, 0.25) is 0 Å². The predicted molar refractivity (Wildman–Crippen MR) is 53.9 cm³/mol. The van der Waals surface area contributed by atoms with Gasteiger partial charge in [0.05, 0.1) is 0 Å². The standard InChI is InChI=1S/C11H13N/c1-4-10-6-8(2)5-9(3)11(10)7-12/h4-7,12H,1H2,2-3H3. The van der Waals surface area contributed by atoms with Crippen molar-refractivity contribution in [2.45, 2.75) is 13.8 Å². The van der Waals surface area contributed by atoms with Crippen LogP contribution in [0.5, 0.6) is 0 Å². The van der Waals surface area contributed by atoms with E-state index < -0.39 is 0 Å². The van der Waals surface area contributed by atoms with Gasteiger partial charge in [0.15, 0.2) is 0 Å². The Labute approximate surface area is 73.3 Å². The second-order valence-electron chi connectivity index (χ2n) is 2.93. The van der Waals surface area contributed by atoms with Crippen LogP contribution in [0.3, 0.4) is 0 Å². The monoisotopic (exact) mass is 159 g/mol. The summed E-state index contributed by atoms with van der Waals surface area (Å²) in [7, 11) is 0. The van der Waals surface area contributed by atoms with Crippen LogP contribution in [-0.4, -0.2) is 6.21 Å². The molecule has 0 aromatic heterocycles. The van der Waals surface area contributed by atoms with Crippen LogP contribution in [-0.2, 0) is 0 Å². The Balaban J connectivity index is 3.43. The average molecular weight is 159 g/mol. The molecule has 0 bridgehead atoms. The highest BCUT2D eigenvalue weighted by Crippen LogP contribution is 2.15. The maximum Gasteiger partial charge on any atom is 0.0259 e. The Morgan fingerprint density at radius 1 is 1.33 bits per heavy atom. The maximum atomic E-state index is 7.23. The van der Waals surface area contributed by atoms with Crippen LogP contribution in [0.4, 0.5) is 0 Å². The molecule has 0 aliphatic carbocycles. The van der Waals surface area contributed by atoms with Crippen molar-refractivity contribution in [1.82, 2.24) is 0 Å². The molecule has 0 unspecified atom stereocenters. The molecule has 0 fully saturated rings.